The van der Waals surface area contributed by atoms with Gasteiger partial charge in [-0.3, -0.25) is 9.59 Å². The highest BCUT2D eigenvalue weighted by molar-refractivity contribution is 5.97. The molecule has 2 N–H and O–H groups in total. The van der Waals surface area contributed by atoms with Gasteiger partial charge in [-0.15, -0.1) is 0 Å². The van der Waals surface area contributed by atoms with E-state index in [1.54, 1.807) is 12.4 Å². The quantitative estimate of drug-likeness (QED) is 0.903. The number of likely N-dealkylation sites (tertiary alicyclic amines) is 1. The van der Waals surface area contributed by atoms with Crippen molar-refractivity contribution in [3.63, 3.8) is 0 Å². The first kappa shape index (κ1) is 15.2. The van der Waals surface area contributed by atoms with E-state index in [0.29, 0.717) is 24.6 Å². The zero-order valence-corrected chi connectivity index (χ0v) is 13.6. The van der Waals surface area contributed by atoms with Crippen molar-refractivity contribution in [2.75, 3.05) is 13.1 Å². The minimum atomic E-state index is -0.0988. The number of aromatic nitrogens is 2. The van der Waals surface area contributed by atoms with Crippen LogP contribution in [-0.4, -0.2) is 45.8 Å². The van der Waals surface area contributed by atoms with Crippen LogP contribution in [-0.2, 0) is 4.79 Å². The second kappa shape index (κ2) is 6.26. The Hall–Kier alpha value is -2.37. The Balaban J connectivity index is 1.34. The van der Waals surface area contributed by atoms with Crippen LogP contribution in [0.4, 0.5) is 0 Å². The van der Waals surface area contributed by atoms with Crippen molar-refractivity contribution in [1.29, 1.82) is 0 Å². The number of aromatic amines is 1. The number of benzene rings is 1. The van der Waals surface area contributed by atoms with Gasteiger partial charge in [-0.2, -0.15) is 0 Å². The molecule has 0 unspecified atom stereocenters. The Morgan fingerprint density at radius 3 is 3.00 bits per heavy atom. The lowest BCUT2D eigenvalue weighted by atomic mass is 10.1. The van der Waals surface area contributed by atoms with Gasteiger partial charge < -0.3 is 15.2 Å². The van der Waals surface area contributed by atoms with Gasteiger partial charge in [-0.25, -0.2) is 4.98 Å². The lowest BCUT2D eigenvalue weighted by Gasteiger charge is -2.24. The summed E-state index contributed by atoms with van der Waals surface area (Å²) in [6, 6.07) is 5.86. The van der Waals surface area contributed by atoms with Crippen LogP contribution in [0, 0.1) is 5.92 Å². The van der Waals surface area contributed by atoms with Gasteiger partial charge in [0.05, 0.1) is 17.4 Å². The fourth-order valence-electron chi connectivity index (χ4n) is 3.93. The molecule has 4 rings (SSSR count). The van der Waals surface area contributed by atoms with Crippen molar-refractivity contribution in [1.82, 2.24) is 20.2 Å². The van der Waals surface area contributed by atoms with Crippen molar-refractivity contribution in [3.05, 3.63) is 30.1 Å². The third kappa shape index (κ3) is 2.88. The summed E-state index contributed by atoms with van der Waals surface area (Å²) in [7, 11) is 0. The van der Waals surface area contributed by atoms with Crippen LogP contribution in [0.3, 0.4) is 0 Å². The highest BCUT2D eigenvalue weighted by Crippen LogP contribution is 2.29. The van der Waals surface area contributed by atoms with Gasteiger partial charge in [0.1, 0.15) is 0 Å². The fraction of sp³-hybridized carbons (Fsp3) is 0.500. The van der Waals surface area contributed by atoms with Gasteiger partial charge >= 0.3 is 0 Å². The van der Waals surface area contributed by atoms with Gasteiger partial charge in [0, 0.05) is 37.0 Å². The smallest absolute Gasteiger partial charge is 0.251 e. The first-order valence-electron chi connectivity index (χ1n) is 8.71. The van der Waals surface area contributed by atoms with Crippen LogP contribution < -0.4 is 5.32 Å². The Bertz CT molecular complexity index is 763. The van der Waals surface area contributed by atoms with Crippen LogP contribution in [0.1, 0.15) is 42.5 Å². The molecule has 1 aromatic carbocycles. The Morgan fingerprint density at radius 1 is 1.33 bits per heavy atom. The number of rotatable bonds is 4. The lowest BCUT2D eigenvalue weighted by molar-refractivity contribution is -0.129. The predicted molar refractivity (Wildman–Crippen MR) is 90.5 cm³/mol. The summed E-state index contributed by atoms with van der Waals surface area (Å²) in [6.07, 6.45) is 6.90. The van der Waals surface area contributed by atoms with Crippen LogP contribution in [0.5, 0.6) is 0 Å². The van der Waals surface area contributed by atoms with Gasteiger partial charge in [0.15, 0.2) is 0 Å². The summed E-state index contributed by atoms with van der Waals surface area (Å²) in [5.41, 5.74) is 2.31. The van der Waals surface area contributed by atoms with Gasteiger partial charge in [-0.1, -0.05) is 12.8 Å². The highest BCUT2D eigenvalue weighted by atomic mass is 16.2. The van der Waals surface area contributed by atoms with Crippen molar-refractivity contribution in [3.8, 4) is 0 Å². The van der Waals surface area contributed by atoms with E-state index in [0.717, 1.165) is 30.4 Å². The van der Waals surface area contributed by atoms with E-state index in [2.05, 4.69) is 15.3 Å². The standard InChI is InChI=1S/C18H22N4O2/c23-17-7-12(10-22(17)14-3-1-2-4-14)9-19-18(24)13-5-6-15-16(8-13)21-11-20-15/h5-6,8,11-12,14H,1-4,7,9-10H2,(H,19,24)(H,20,21)/t12-/m1/s1. The van der Waals surface area contributed by atoms with Crippen LogP contribution in [0.2, 0.25) is 0 Å². The maximum atomic E-state index is 12.3. The maximum absolute atomic E-state index is 12.3. The van der Waals surface area contributed by atoms with Gasteiger partial charge in [-0.05, 0) is 31.0 Å². The molecule has 2 aromatic rings. The fourth-order valence-corrected chi connectivity index (χ4v) is 3.93. The molecule has 1 aromatic heterocycles. The molecule has 0 bridgehead atoms. The minimum absolute atomic E-state index is 0.0988. The van der Waals surface area contributed by atoms with Crippen molar-refractivity contribution in [2.45, 2.75) is 38.1 Å². The van der Waals surface area contributed by atoms with Crippen molar-refractivity contribution < 1.29 is 9.59 Å². The minimum Gasteiger partial charge on any atom is -0.352 e. The second-order valence-electron chi connectivity index (χ2n) is 6.90. The summed E-state index contributed by atoms with van der Waals surface area (Å²) < 4.78 is 0. The monoisotopic (exact) mass is 326 g/mol. The second-order valence-corrected chi connectivity index (χ2v) is 6.90. The first-order chi connectivity index (χ1) is 11.7. The zero-order chi connectivity index (χ0) is 16.5. The Labute approximate surface area is 140 Å². The summed E-state index contributed by atoms with van der Waals surface area (Å²) in [5.74, 6) is 0.372. The maximum Gasteiger partial charge on any atom is 0.251 e. The summed E-state index contributed by atoms with van der Waals surface area (Å²) >= 11 is 0. The zero-order valence-electron chi connectivity index (χ0n) is 13.6. The number of carbonyl (C=O) groups is 2. The Kier molecular flexibility index (Phi) is 3.96. The molecule has 0 radical (unpaired) electrons. The highest BCUT2D eigenvalue weighted by Gasteiger charge is 2.35. The molecule has 24 heavy (non-hydrogen) atoms. The molecule has 2 heterocycles. The van der Waals surface area contributed by atoms with Crippen LogP contribution >= 0.6 is 0 Å². The van der Waals surface area contributed by atoms with Crippen molar-refractivity contribution >= 4 is 22.8 Å². The Morgan fingerprint density at radius 2 is 2.17 bits per heavy atom. The molecule has 2 aliphatic rings. The van der Waals surface area contributed by atoms with Crippen LogP contribution in [0.15, 0.2) is 24.5 Å². The van der Waals surface area contributed by atoms with E-state index in [1.807, 2.05) is 17.0 Å². The third-order valence-electron chi connectivity index (χ3n) is 5.24. The SMILES string of the molecule is O=C(NC[C@H]1CC(=O)N(C2CCCC2)C1)c1ccc2nc[nH]c2c1. The number of amides is 2. The van der Waals surface area contributed by atoms with E-state index in [4.69, 9.17) is 0 Å². The molecule has 1 aliphatic heterocycles. The average Bonchev–Trinajstić information content (AvgIpc) is 3.32. The predicted octanol–water partition coefficient (Wildman–Crippen LogP) is 2.08. The normalized spacial score (nSPS) is 21.8. The average molecular weight is 326 g/mol. The van der Waals surface area contributed by atoms with Crippen molar-refractivity contribution in [2.24, 2.45) is 5.92 Å². The number of hydrogen-bond donors (Lipinski definition) is 2. The number of imidazole rings is 1. The lowest BCUT2D eigenvalue weighted by Crippen LogP contribution is -2.36. The molecule has 6 heteroatoms. The third-order valence-corrected chi connectivity index (χ3v) is 5.24. The number of fused-ring (bicyclic) bond motifs is 1. The molecule has 0 spiro atoms. The molecule has 1 saturated carbocycles. The molecular formula is C18H22N4O2. The van der Waals surface area contributed by atoms with Gasteiger partial charge in [0.25, 0.3) is 5.91 Å². The number of nitrogens with zero attached hydrogens (tertiary/aromatic N) is 2. The first-order valence-corrected chi connectivity index (χ1v) is 8.71. The summed E-state index contributed by atoms with van der Waals surface area (Å²) in [4.78, 5) is 33.8. The van der Waals surface area contributed by atoms with Gasteiger partial charge in [0.2, 0.25) is 5.91 Å². The molecule has 6 nitrogen and oxygen atoms in total. The molecule has 1 aliphatic carbocycles. The molecule has 2 fully saturated rings. The molecule has 126 valence electrons. The molecule has 1 saturated heterocycles. The number of hydrogen-bond acceptors (Lipinski definition) is 3. The summed E-state index contributed by atoms with van der Waals surface area (Å²) in [5, 5.41) is 2.98. The molecule has 1 atom stereocenters. The van der Waals surface area contributed by atoms with E-state index < -0.39 is 0 Å². The van der Waals surface area contributed by atoms with Crippen LogP contribution in [0.25, 0.3) is 11.0 Å². The van der Waals surface area contributed by atoms with E-state index >= 15 is 0 Å². The number of H-pyrrole nitrogens is 1. The van der Waals surface area contributed by atoms with E-state index in [9.17, 15) is 9.59 Å². The topological polar surface area (TPSA) is 78.1 Å². The largest absolute Gasteiger partial charge is 0.352 e. The molecule has 2 amide bonds. The molecular weight excluding hydrogens is 304 g/mol. The number of nitrogens with one attached hydrogen (secondary N) is 2. The van der Waals surface area contributed by atoms with E-state index in [1.165, 1.54) is 12.8 Å². The summed E-state index contributed by atoms with van der Waals surface area (Å²) in [6.45, 7) is 1.33. The van der Waals surface area contributed by atoms with E-state index in [-0.39, 0.29) is 17.7 Å². The number of carbonyl (C=O) groups excluding carboxylic acids is 2.